The van der Waals surface area contributed by atoms with E-state index in [1.807, 2.05) is 28.0 Å². The molecule has 0 aliphatic carbocycles. The minimum absolute atomic E-state index is 0.00858. The van der Waals surface area contributed by atoms with E-state index in [1.165, 1.54) is 5.56 Å². The van der Waals surface area contributed by atoms with Crippen LogP contribution in [-0.4, -0.2) is 59.8 Å². The van der Waals surface area contributed by atoms with Gasteiger partial charge in [0.15, 0.2) is 0 Å². The summed E-state index contributed by atoms with van der Waals surface area (Å²) in [5.41, 5.74) is 1.16. The highest BCUT2D eigenvalue weighted by Crippen LogP contribution is 2.28. The number of hydrogen-bond acceptors (Lipinski definition) is 4. The molecule has 1 aromatic rings. The van der Waals surface area contributed by atoms with Crippen molar-refractivity contribution in [1.82, 2.24) is 9.80 Å². The normalized spacial score (nSPS) is 20.4. The molecule has 0 N–H and O–H groups in total. The molecule has 0 atom stereocenters. The monoisotopic (exact) mass is 402 g/mol. The van der Waals surface area contributed by atoms with Gasteiger partial charge in [-0.25, -0.2) is 4.79 Å². The van der Waals surface area contributed by atoms with E-state index in [0.29, 0.717) is 13.0 Å². The Hall–Kier alpha value is -1.95. The van der Waals surface area contributed by atoms with Gasteiger partial charge in [-0.2, -0.15) is 0 Å². The number of ether oxygens (including phenoxy) is 1. The first-order valence-electron chi connectivity index (χ1n) is 9.99. The van der Waals surface area contributed by atoms with Crippen LogP contribution in [0.1, 0.15) is 38.7 Å². The maximum Gasteiger partial charge on any atom is 0.410 e. The molecule has 5 nitrogen and oxygen atoms in total. The molecule has 0 spiro atoms. The molecule has 1 aromatic carbocycles. The van der Waals surface area contributed by atoms with Crippen molar-refractivity contribution in [2.24, 2.45) is 5.41 Å². The minimum atomic E-state index is -0.203. The first-order valence-corrected chi connectivity index (χ1v) is 11.0. The number of amides is 2. The number of carbonyl (C=O) groups is 2. The van der Waals surface area contributed by atoms with E-state index in [-0.39, 0.29) is 23.5 Å². The van der Waals surface area contributed by atoms with Crippen LogP contribution in [0.25, 0.3) is 6.08 Å². The second-order valence-electron chi connectivity index (χ2n) is 8.29. The fourth-order valence-corrected chi connectivity index (χ4v) is 4.36. The lowest BCUT2D eigenvalue weighted by Gasteiger charge is -2.44. The molecule has 0 bridgehead atoms. The highest BCUT2D eigenvalue weighted by molar-refractivity contribution is 8.02. The van der Waals surface area contributed by atoms with Gasteiger partial charge in [0.05, 0.1) is 6.61 Å². The maximum absolute atomic E-state index is 12.5. The van der Waals surface area contributed by atoms with Crippen LogP contribution >= 0.6 is 11.8 Å². The average Bonchev–Trinajstić information content (AvgIpc) is 2.70. The molecule has 6 heteroatoms. The van der Waals surface area contributed by atoms with Gasteiger partial charge in [-0.15, -0.1) is 11.8 Å². The summed E-state index contributed by atoms with van der Waals surface area (Å²) in [6.07, 6.45) is 4.08. The lowest BCUT2D eigenvalue weighted by molar-refractivity contribution is -0.132. The Labute approximate surface area is 172 Å². The van der Waals surface area contributed by atoms with Crippen LogP contribution in [0, 0.1) is 5.41 Å². The van der Waals surface area contributed by atoms with Crippen LogP contribution in [0.2, 0.25) is 0 Å². The van der Waals surface area contributed by atoms with E-state index >= 15 is 0 Å². The number of rotatable bonds is 6. The molecular formula is C22H30N2O3S. The Morgan fingerprint density at radius 2 is 1.96 bits per heavy atom. The summed E-state index contributed by atoms with van der Waals surface area (Å²) in [6.45, 7) is 6.89. The van der Waals surface area contributed by atoms with Gasteiger partial charge in [0.1, 0.15) is 0 Å². The molecule has 2 aliphatic rings. The fourth-order valence-electron chi connectivity index (χ4n) is 3.68. The molecule has 2 heterocycles. The molecule has 2 fully saturated rings. The van der Waals surface area contributed by atoms with Gasteiger partial charge in [0.2, 0.25) is 5.91 Å². The smallest absolute Gasteiger partial charge is 0.410 e. The minimum Gasteiger partial charge on any atom is -0.449 e. The molecule has 0 unspecified atom stereocenters. The van der Waals surface area contributed by atoms with Crippen molar-refractivity contribution >= 4 is 29.8 Å². The van der Waals surface area contributed by atoms with Crippen molar-refractivity contribution in [3.63, 3.8) is 0 Å². The quantitative estimate of drug-likeness (QED) is 0.668. The second kappa shape index (κ2) is 9.50. The average molecular weight is 403 g/mol. The molecule has 0 saturated carbocycles. The summed E-state index contributed by atoms with van der Waals surface area (Å²) in [5.74, 6) is 0.995. The molecule has 2 saturated heterocycles. The number of cyclic esters (lactones) is 1. The van der Waals surface area contributed by atoms with E-state index in [4.69, 9.17) is 4.74 Å². The van der Waals surface area contributed by atoms with Crippen LogP contribution < -0.4 is 0 Å². The summed E-state index contributed by atoms with van der Waals surface area (Å²) >= 11 is 1.67. The van der Waals surface area contributed by atoms with E-state index in [9.17, 15) is 9.59 Å². The van der Waals surface area contributed by atoms with Gasteiger partial charge in [0.25, 0.3) is 0 Å². The van der Waals surface area contributed by atoms with Crippen molar-refractivity contribution in [1.29, 1.82) is 0 Å². The Morgan fingerprint density at radius 1 is 1.25 bits per heavy atom. The van der Waals surface area contributed by atoms with Gasteiger partial charge in [0, 0.05) is 43.3 Å². The summed E-state index contributed by atoms with van der Waals surface area (Å²) in [7, 11) is 0. The zero-order valence-electron chi connectivity index (χ0n) is 16.8. The lowest BCUT2D eigenvalue weighted by atomic mass is 9.91. The highest BCUT2D eigenvalue weighted by atomic mass is 32.2. The molecule has 2 amide bonds. The van der Waals surface area contributed by atoms with Crippen molar-refractivity contribution in [3.8, 4) is 0 Å². The summed E-state index contributed by atoms with van der Waals surface area (Å²) in [6, 6.07) is 10.3. The number of hydrogen-bond donors (Lipinski definition) is 0. The Kier molecular flexibility index (Phi) is 7.05. The standard InChI is InChI=1S/C22H30N2O3S/c1-22(2)16-24(21(26)27-17-22)19-8-12-23(13-9-19)20(25)11-15-28-14-10-18-6-4-3-5-7-18/h3-7,10,14,19H,8-9,11-13,15-17H2,1-2H3. The van der Waals surface area contributed by atoms with Crippen LogP contribution in [0.15, 0.2) is 35.7 Å². The van der Waals surface area contributed by atoms with Crippen LogP contribution in [0.4, 0.5) is 4.79 Å². The maximum atomic E-state index is 12.5. The zero-order valence-corrected chi connectivity index (χ0v) is 17.6. The van der Waals surface area contributed by atoms with E-state index in [1.54, 1.807) is 11.8 Å². The van der Waals surface area contributed by atoms with Gasteiger partial charge in [-0.05, 0) is 29.9 Å². The molecule has 2 aliphatic heterocycles. The lowest BCUT2D eigenvalue weighted by Crippen LogP contribution is -2.55. The third-order valence-electron chi connectivity index (χ3n) is 5.27. The number of benzene rings is 1. The molecule has 3 rings (SSSR count). The number of piperidine rings is 1. The molecule has 0 radical (unpaired) electrons. The molecule has 0 aromatic heterocycles. The van der Waals surface area contributed by atoms with Crippen LogP contribution in [-0.2, 0) is 9.53 Å². The SMILES string of the molecule is CC1(C)COC(=O)N(C2CCN(C(=O)CCSC=Cc3ccccc3)CC2)C1. The number of nitrogens with zero attached hydrogens (tertiary/aromatic N) is 2. The molecule has 152 valence electrons. The van der Waals surface area contributed by atoms with Gasteiger partial charge in [-0.1, -0.05) is 44.2 Å². The largest absolute Gasteiger partial charge is 0.449 e. The predicted octanol–water partition coefficient (Wildman–Crippen LogP) is 4.25. The topological polar surface area (TPSA) is 49.9 Å². The van der Waals surface area contributed by atoms with Gasteiger partial charge >= 0.3 is 6.09 Å². The third kappa shape index (κ3) is 5.77. The third-order valence-corrected chi connectivity index (χ3v) is 6.04. The Morgan fingerprint density at radius 3 is 2.68 bits per heavy atom. The first-order chi connectivity index (χ1) is 13.4. The van der Waals surface area contributed by atoms with E-state index in [0.717, 1.165) is 38.2 Å². The van der Waals surface area contributed by atoms with Crippen molar-refractivity contribution in [3.05, 3.63) is 41.3 Å². The summed E-state index contributed by atoms with van der Waals surface area (Å²) in [5, 5.41) is 2.05. The van der Waals surface area contributed by atoms with Crippen molar-refractivity contribution in [2.45, 2.75) is 39.2 Å². The van der Waals surface area contributed by atoms with Crippen LogP contribution in [0.5, 0.6) is 0 Å². The van der Waals surface area contributed by atoms with E-state index in [2.05, 4.69) is 37.5 Å². The number of likely N-dealkylation sites (tertiary alicyclic amines) is 1. The van der Waals surface area contributed by atoms with Gasteiger partial charge in [-0.3, -0.25) is 4.79 Å². The Bertz CT molecular complexity index is 697. The van der Waals surface area contributed by atoms with Gasteiger partial charge < -0.3 is 14.5 Å². The molecule has 28 heavy (non-hydrogen) atoms. The molecular weight excluding hydrogens is 372 g/mol. The van der Waals surface area contributed by atoms with Crippen molar-refractivity contribution in [2.75, 3.05) is 32.0 Å². The number of carbonyl (C=O) groups excluding carboxylic acids is 2. The first kappa shape index (κ1) is 20.8. The fraction of sp³-hybridized carbons (Fsp3) is 0.545. The van der Waals surface area contributed by atoms with Crippen molar-refractivity contribution < 1.29 is 14.3 Å². The summed E-state index contributed by atoms with van der Waals surface area (Å²) < 4.78 is 5.34. The second-order valence-corrected chi connectivity index (χ2v) is 9.31. The summed E-state index contributed by atoms with van der Waals surface area (Å²) in [4.78, 5) is 28.4. The van der Waals surface area contributed by atoms with Crippen LogP contribution in [0.3, 0.4) is 0 Å². The van der Waals surface area contributed by atoms with E-state index < -0.39 is 0 Å². The number of thioether (sulfide) groups is 1. The predicted molar refractivity (Wildman–Crippen MR) is 114 cm³/mol. The zero-order chi connectivity index (χ0) is 20.0. The highest BCUT2D eigenvalue weighted by Gasteiger charge is 2.38. The Balaban J connectivity index is 1.38.